The van der Waals surface area contributed by atoms with Gasteiger partial charge < -0.3 is 5.11 Å². The van der Waals surface area contributed by atoms with Crippen molar-refractivity contribution in [3.05, 3.63) is 35.1 Å². The molecule has 0 bridgehead atoms. The van der Waals surface area contributed by atoms with Crippen molar-refractivity contribution < 1.29 is 9.50 Å². The van der Waals surface area contributed by atoms with Gasteiger partial charge in [0, 0.05) is 5.56 Å². The fourth-order valence-corrected chi connectivity index (χ4v) is 1.45. The van der Waals surface area contributed by atoms with Crippen molar-refractivity contribution in [3.63, 3.8) is 0 Å². The molecule has 15 heavy (non-hydrogen) atoms. The van der Waals surface area contributed by atoms with Gasteiger partial charge in [-0.05, 0) is 12.5 Å². The maximum Gasteiger partial charge on any atom is 0.146 e. The number of hydrogen-bond acceptors (Lipinski definition) is 2. The molecule has 0 saturated heterocycles. The van der Waals surface area contributed by atoms with Gasteiger partial charge >= 0.3 is 0 Å². The van der Waals surface area contributed by atoms with E-state index >= 15 is 0 Å². The number of halogens is 1. The van der Waals surface area contributed by atoms with Gasteiger partial charge in [-0.1, -0.05) is 31.9 Å². The first-order valence-corrected chi connectivity index (χ1v) is 5.07. The van der Waals surface area contributed by atoms with Crippen LogP contribution in [-0.2, 0) is 0 Å². The third-order valence-electron chi connectivity index (χ3n) is 2.34. The van der Waals surface area contributed by atoms with Gasteiger partial charge in [-0.15, -0.1) is 0 Å². The molecule has 3 heteroatoms. The summed E-state index contributed by atoms with van der Waals surface area (Å²) in [4.78, 5) is 0. The molecule has 0 aliphatic carbocycles. The Kier molecular flexibility index (Phi) is 4.26. The standard InChI is InChI=1S/C12H14FNO/c1-2-3-7-11(15)10-6-4-5-9(8-14)12(10)13/h4-6,11,15H,2-3,7H2,1H3. The molecule has 0 heterocycles. The van der Waals surface area contributed by atoms with E-state index in [0.717, 1.165) is 12.8 Å². The number of unbranched alkanes of at least 4 members (excludes halogenated alkanes) is 1. The van der Waals surface area contributed by atoms with E-state index in [0.29, 0.717) is 6.42 Å². The Morgan fingerprint density at radius 2 is 2.27 bits per heavy atom. The van der Waals surface area contributed by atoms with Crippen LogP contribution < -0.4 is 0 Å². The topological polar surface area (TPSA) is 44.0 Å². The molecule has 0 amide bonds. The first kappa shape index (κ1) is 11.7. The lowest BCUT2D eigenvalue weighted by molar-refractivity contribution is 0.159. The fraction of sp³-hybridized carbons (Fsp3) is 0.417. The fourth-order valence-electron chi connectivity index (χ4n) is 1.45. The van der Waals surface area contributed by atoms with E-state index < -0.39 is 11.9 Å². The van der Waals surface area contributed by atoms with Gasteiger partial charge in [-0.3, -0.25) is 0 Å². The zero-order chi connectivity index (χ0) is 11.3. The van der Waals surface area contributed by atoms with Crippen LogP contribution in [0.5, 0.6) is 0 Å². The summed E-state index contributed by atoms with van der Waals surface area (Å²) in [5.74, 6) is -0.594. The second kappa shape index (κ2) is 5.47. The second-order valence-electron chi connectivity index (χ2n) is 3.48. The molecular weight excluding hydrogens is 193 g/mol. The molecule has 2 nitrogen and oxygen atoms in total. The third kappa shape index (κ3) is 2.77. The summed E-state index contributed by atoms with van der Waals surface area (Å²) in [6, 6.07) is 6.28. The highest BCUT2D eigenvalue weighted by Gasteiger charge is 2.14. The maximum atomic E-state index is 13.6. The molecule has 1 atom stereocenters. The SMILES string of the molecule is CCCCC(O)c1cccc(C#N)c1F. The van der Waals surface area contributed by atoms with E-state index in [9.17, 15) is 9.50 Å². The first-order valence-electron chi connectivity index (χ1n) is 5.07. The van der Waals surface area contributed by atoms with Crippen LogP contribution in [0.2, 0.25) is 0 Å². The number of aliphatic hydroxyl groups is 1. The van der Waals surface area contributed by atoms with Gasteiger partial charge in [0.25, 0.3) is 0 Å². The van der Waals surface area contributed by atoms with Crippen molar-refractivity contribution in [1.82, 2.24) is 0 Å². The van der Waals surface area contributed by atoms with Crippen LogP contribution in [0.1, 0.15) is 43.4 Å². The van der Waals surface area contributed by atoms with Crippen LogP contribution in [0.4, 0.5) is 4.39 Å². The zero-order valence-electron chi connectivity index (χ0n) is 8.70. The summed E-state index contributed by atoms with van der Waals surface area (Å²) in [7, 11) is 0. The smallest absolute Gasteiger partial charge is 0.146 e. The van der Waals surface area contributed by atoms with Crippen molar-refractivity contribution in [2.24, 2.45) is 0 Å². The van der Waals surface area contributed by atoms with E-state index in [1.807, 2.05) is 6.92 Å². The van der Waals surface area contributed by atoms with Gasteiger partial charge in [-0.2, -0.15) is 5.26 Å². The van der Waals surface area contributed by atoms with E-state index in [4.69, 9.17) is 5.26 Å². The van der Waals surface area contributed by atoms with Crippen LogP contribution in [0.15, 0.2) is 18.2 Å². The summed E-state index contributed by atoms with van der Waals surface area (Å²) in [6.07, 6.45) is 1.52. The average molecular weight is 207 g/mol. The highest BCUT2D eigenvalue weighted by atomic mass is 19.1. The minimum atomic E-state index is -0.807. The van der Waals surface area contributed by atoms with Gasteiger partial charge in [0.2, 0.25) is 0 Å². The Balaban J connectivity index is 2.90. The highest BCUT2D eigenvalue weighted by molar-refractivity contribution is 5.35. The van der Waals surface area contributed by atoms with Crippen molar-refractivity contribution in [1.29, 1.82) is 5.26 Å². The normalized spacial score (nSPS) is 12.1. The Hall–Kier alpha value is -1.40. The lowest BCUT2D eigenvalue weighted by Gasteiger charge is -2.11. The van der Waals surface area contributed by atoms with Crippen molar-refractivity contribution in [2.45, 2.75) is 32.3 Å². The first-order chi connectivity index (χ1) is 7.20. The van der Waals surface area contributed by atoms with Crippen molar-refractivity contribution in [2.75, 3.05) is 0 Å². The molecule has 0 aliphatic rings. The number of nitrogens with zero attached hydrogens (tertiary/aromatic N) is 1. The summed E-state index contributed by atoms with van der Waals surface area (Å²) in [5.41, 5.74) is 0.213. The predicted octanol–water partition coefficient (Wildman–Crippen LogP) is 2.92. The molecule has 80 valence electrons. The Labute approximate surface area is 89.0 Å². The molecule has 0 aliphatic heterocycles. The lowest BCUT2D eigenvalue weighted by atomic mass is 10.0. The van der Waals surface area contributed by atoms with Crippen LogP contribution >= 0.6 is 0 Å². The number of hydrogen-bond donors (Lipinski definition) is 1. The van der Waals surface area contributed by atoms with Gasteiger partial charge in [-0.25, -0.2) is 4.39 Å². The van der Waals surface area contributed by atoms with Crippen LogP contribution in [0, 0.1) is 17.1 Å². The number of rotatable bonds is 4. The zero-order valence-corrected chi connectivity index (χ0v) is 8.70. The summed E-state index contributed by atoms with van der Waals surface area (Å²) >= 11 is 0. The van der Waals surface area contributed by atoms with E-state index in [1.165, 1.54) is 12.1 Å². The Morgan fingerprint density at radius 1 is 1.53 bits per heavy atom. The third-order valence-corrected chi connectivity index (χ3v) is 2.34. The predicted molar refractivity (Wildman–Crippen MR) is 55.6 cm³/mol. The quantitative estimate of drug-likeness (QED) is 0.824. The number of benzene rings is 1. The molecule has 0 radical (unpaired) electrons. The van der Waals surface area contributed by atoms with Crippen molar-refractivity contribution >= 4 is 0 Å². The minimum absolute atomic E-state index is 0.0111. The van der Waals surface area contributed by atoms with E-state index in [2.05, 4.69) is 0 Å². The summed E-state index contributed by atoms with van der Waals surface area (Å²) < 4.78 is 13.6. The van der Waals surface area contributed by atoms with Crippen LogP contribution in [0.25, 0.3) is 0 Å². The monoisotopic (exact) mass is 207 g/mol. The summed E-state index contributed by atoms with van der Waals surface area (Å²) in [6.45, 7) is 2.01. The molecule has 0 fully saturated rings. The number of aliphatic hydroxyl groups excluding tert-OH is 1. The number of nitriles is 1. The largest absolute Gasteiger partial charge is 0.388 e. The molecule has 1 N–H and O–H groups in total. The molecule has 0 saturated carbocycles. The molecule has 1 aromatic rings. The van der Waals surface area contributed by atoms with E-state index in [1.54, 1.807) is 12.1 Å². The molecule has 1 unspecified atom stereocenters. The molecule has 0 spiro atoms. The van der Waals surface area contributed by atoms with Crippen LogP contribution in [-0.4, -0.2) is 5.11 Å². The molecule has 0 aromatic heterocycles. The Bertz CT molecular complexity index is 370. The lowest BCUT2D eigenvalue weighted by Crippen LogP contribution is -2.02. The van der Waals surface area contributed by atoms with E-state index in [-0.39, 0.29) is 11.1 Å². The summed E-state index contributed by atoms with van der Waals surface area (Å²) in [5, 5.41) is 18.3. The van der Waals surface area contributed by atoms with Gasteiger partial charge in [0.05, 0.1) is 11.7 Å². The molecule has 1 rings (SSSR count). The minimum Gasteiger partial charge on any atom is -0.388 e. The molecular formula is C12H14FNO. The molecule has 1 aromatic carbocycles. The Morgan fingerprint density at radius 3 is 2.87 bits per heavy atom. The van der Waals surface area contributed by atoms with Gasteiger partial charge in [0.1, 0.15) is 11.9 Å². The van der Waals surface area contributed by atoms with Crippen LogP contribution in [0.3, 0.4) is 0 Å². The van der Waals surface area contributed by atoms with Crippen molar-refractivity contribution in [3.8, 4) is 6.07 Å². The maximum absolute atomic E-state index is 13.6. The highest BCUT2D eigenvalue weighted by Crippen LogP contribution is 2.23. The van der Waals surface area contributed by atoms with Gasteiger partial charge in [0.15, 0.2) is 0 Å². The average Bonchev–Trinajstić information content (AvgIpc) is 2.26. The second-order valence-corrected chi connectivity index (χ2v) is 3.48.